The zero-order valence-electron chi connectivity index (χ0n) is 41.8. The summed E-state index contributed by atoms with van der Waals surface area (Å²) in [5.74, 6) is 2.39. The SMILES string of the molecule is CCn1c(-c2cnccc2COC)c2c3cc(ccc31)-c1cncc(c1)C[C@H](CNC(=O)[C@H](C(C)C)N(C)C(=O)[C@H]1CCN(C(=O)C#CCN(C)C)C1)C(=O)N1CCC[C@H](N1)C(=O)OCC(C)(C)C2. The maximum atomic E-state index is 14.7. The Morgan fingerprint density at radius 3 is 2.57 bits per heavy atom. The van der Waals surface area contributed by atoms with Gasteiger partial charge in [-0.05, 0) is 111 Å². The van der Waals surface area contributed by atoms with Crippen molar-refractivity contribution in [1.29, 1.82) is 0 Å². The smallest absolute Gasteiger partial charge is 0.324 e. The standard InChI is InChI=1S/C53H69N9O7/c1-10-61-45-16-15-36-25-41(45)42(48(61)43-30-54-19-17-38(43)32-68-9)26-53(4,5)33-69-52(67)44-13-11-21-62(57-44)51(66)40(24-35-23-39(36)28-55-27-35)29-56-49(64)47(34(2)3)59(8)50(65)37-18-22-60(31-37)46(63)14-12-20-58(6)7/h15-17,19,23,25,27-28,30,34,37,40,44,47,57H,10-11,13,18,20-22,24,26,29,31-33H2,1-9H3,(H,56,64)/t37-,40+,44-,47-/m0/s1. The highest BCUT2D eigenvalue weighted by molar-refractivity contribution is 5.96. The Morgan fingerprint density at radius 1 is 1.03 bits per heavy atom. The highest BCUT2D eigenvalue weighted by Crippen LogP contribution is 2.41. The lowest BCUT2D eigenvalue weighted by molar-refractivity contribution is -0.155. The summed E-state index contributed by atoms with van der Waals surface area (Å²) < 4.78 is 14.1. The van der Waals surface area contributed by atoms with Crippen LogP contribution in [0.3, 0.4) is 0 Å². The van der Waals surface area contributed by atoms with Crippen LogP contribution in [0, 0.1) is 35.0 Å². The number of esters is 1. The number of carbonyl (C=O) groups excluding carboxylic acids is 5. The number of hydrogen-bond acceptors (Lipinski definition) is 11. The first-order chi connectivity index (χ1) is 33.0. The molecule has 3 aliphatic heterocycles. The average Bonchev–Trinajstić information content (AvgIpc) is 3.94. The maximum absolute atomic E-state index is 14.7. The second-order valence-corrected chi connectivity index (χ2v) is 20.2. The van der Waals surface area contributed by atoms with Crippen molar-refractivity contribution in [3.8, 4) is 34.2 Å². The van der Waals surface area contributed by atoms with Gasteiger partial charge in [0, 0.05) is 99.1 Å². The molecule has 3 aliphatic rings. The fourth-order valence-electron chi connectivity index (χ4n) is 10.0. The number of carbonyl (C=O) groups is 5. The normalized spacial score (nSPS) is 20.0. The van der Waals surface area contributed by atoms with Crippen molar-refractivity contribution in [2.45, 2.75) is 92.0 Å². The molecule has 6 bridgehead atoms. The summed E-state index contributed by atoms with van der Waals surface area (Å²) in [4.78, 5) is 83.8. The number of nitrogens with zero attached hydrogens (tertiary/aromatic N) is 7. The summed E-state index contributed by atoms with van der Waals surface area (Å²) in [6.07, 6.45) is 9.62. The number of aromatic nitrogens is 3. The van der Waals surface area contributed by atoms with E-state index in [4.69, 9.17) is 9.47 Å². The van der Waals surface area contributed by atoms with Crippen molar-refractivity contribution in [2.24, 2.45) is 23.2 Å². The molecule has 1 aromatic carbocycles. The third-order valence-electron chi connectivity index (χ3n) is 13.5. The Balaban J connectivity index is 1.20. The third-order valence-corrected chi connectivity index (χ3v) is 13.5. The number of likely N-dealkylation sites (N-methyl/N-ethyl adjacent to an activating group) is 1. The molecule has 0 saturated carbocycles. The number of amides is 4. The van der Waals surface area contributed by atoms with Gasteiger partial charge in [0.25, 0.3) is 5.91 Å². The molecular weight excluding hydrogens is 875 g/mol. The first kappa shape index (κ1) is 50.7. The van der Waals surface area contributed by atoms with E-state index in [9.17, 15) is 24.0 Å². The molecule has 0 radical (unpaired) electrons. The van der Waals surface area contributed by atoms with Gasteiger partial charge in [-0.15, -0.1) is 0 Å². The number of methoxy groups -OCH3 is 1. The van der Waals surface area contributed by atoms with Gasteiger partial charge in [-0.25, -0.2) is 5.43 Å². The molecule has 4 atom stereocenters. The summed E-state index contributed by atoms with van der Waals surface area (Å²) in [6, 6.07) is 8.90. The summed E-state index contributed by atoms with van der Waals surface area (Å²) in [7, 11) is 7.06. The van der Waals surface area contributed by atoms with Gasteiger partial charge in [-0.3, -0.25) is 43.8 Å². The largest absolute Gasteiger partial charge is 0.464 e. The Kier molecular flexibility index (Phi) is 16.2. The minimum Gasteiger partial charge on any atom is -0.464 e. The molecule has 69 heavy (non-hydrogen) atoms. The topological polar surface area (TPSA) is 172 Å². The second kappa shape index (κ2) is 22.1. The highest BCUT2D eigenvalue weighted by atomic mass is 16.5. The summed E-state index contributed by atoms with van der Waals surface area (Å²) in [6.45, 7) is 12.8. The Hall–Kier alpha value is -6.15. The highest BCUT2D eigenvalue weighted by Gasteiger charge is 2.39. The molecule has 7 rings (SSSR count). The van der Waals surface area contributed by atoms with Gasteiger partial charge in [0.1, 0.15) is 12.1 Å². The molecule has 16 nitrogen and oxygen atoms in total. The van der Waals surface area contributed by atoms with Crippen LogP contribution in [-0.2, 0) is 59.4 Å². The maximum Gasteiger partial charge on any atom is 0.324 e. The minimum atomic E-state index is -0.842. The van der Waals surface area contributed by atoms with Crippen molar-refractivity contribution < 1.29 is 33.4 Å². The van der Waals surface area contributed by atoms with Gasteiger partial charge in [0.15, 0.2) is 0 Å². The fraction of sp³-hybridized carbons (Fsp3) is 0.528. The predicted octanol–water partition coefficient (Wildman–Crippen LogP) is 4.72. The summed E-state index contributed by atoms with van der Waals surface area (Å²) in [5, 5.41) is 5.61. The molecule has 2 N–H and O–H groups in total. The van der Waals surface area contributed by atoms with E-state index in [2.05, 4.69) is 82.2 Å². The van der Waals surface area contributed by atoms with Gasteiger partial charge >= 0.3 is 5.97 Å². The molecule has 2 saturated heterocycles. The molecule has 6 heterocycles. The van der Waals surface area contributed by atoms with Crippen molar-refractivity contribution in [1.82, 2.24) is 45.0 Å². The number of aryl methyl sites for hydroxylation is 1. The Morgan fingerprint density at radius 2 is 1.83 bits per heavy atom. The van der Waals surface area contributed by atoms with E-state index in [1.54, 1.807) is 31.5 Å². The van der Waals surface area contributed by atoms with Crippen LogP contribution in [0.15, 0.2) is 55.1 Å². The molecule has 0 unspecified atom stereocenters. The van der Waals surface area contributed by atoms with Crippen molar-refractivity contribution in [3.05, 3.63) is 71.8 Å². The van der Waals surface area contributed by atoms with E-state index < -0.39 is 35.3 Å². The molecule has 0 aliphatic carbocycles. The van der Waals surface area contributed by atoms with Crippen LogP contribution in [0.5, 0.6) is 0 Å². The Bertz CT molecular complexity index is 2610. The lowest BCUT2D eigenvalue weighted by Crippen LogP contribution is -2.58. The molecule has 0 spiro atoms. The Labute approximate surface area is 406 Å². The van der Waals surface area contributed by atoms with E-state index in [0.29, 0.717) is 58.5 Å². The quantitative estimate of drug-likeness (QED) is 0.158. The van der Waals surface area contributed by atoms with Crippen LogP contribution >= 0.6 is 0 Å². The van der Waals surface area contributed by atoms with E-state index >= 15 is 0 Å². The van der Waals surface area contributed by atoms with Crippen LogP contribution < -0.4 is 10.7 Å². The van der Waals surface area contributed by atoms with Gasteiger partial charge in [0.2, 0.25) is 17.7 Å². The van der Waals surface area contributed by atoms with Gasteiger partial charge in [0.05, 0.1) is 37.3 Å². The number of nitrogens with one attached hydrogen (secondary N) is 2. The lowest BCUT2D eigenvalue weighted by atomic mass is 9.84. The van der Waals surface area contributed by atoms with Gasteiger partial charge in [-0.2, -0.15) is 0 Å². The molecule has 2 fully saturated rings. The molecule has 368 valence electrons. The number of rotatable bonds is 11. The number of hydrogen-bond donors (Lipinski definition) is 2. The zero-order chi connectivity index (χ0) is 49.6. The lowest BCUT2D eigenvalue weighted by Gasteiger charge is -2.36. The minimum absolute atomic E-state index is 0.0337. The number of benzene rings is 1. The van der Waals surface area contributed by atoms with Crippen molar-refractivity contribution >= 4 is 40.5 Å². The zero-order valence-corrected chi connectivity index (χ0v) is 41.8. The monoisotopic (exact) mass is 944 g/mol. The third kappa shape index (κ3) is 11.7. The van der Waals surface area contributed by atoms with Gasteiger partial charge < -0.3 is 29.2 Å². The summed E-state index contributed by atoms with van der Waals surface area (Å²) in [5.41, 5.74) is 10.5. The van der Waals surface area contributed by atoms with Crippen LogP contribution in [0.2, 0.25) is 0 Å². The number of pyridine rings is 2. The molecule has 4 amide bonds. The van der Waals surface area contributed by atoms with E-state index in [0.717, 1.165) is 50.0 Å². The fourth-order valence-corrected chi connectivity index (χ4v) is 10.0. The number of hydrazine groups is 1. The molecule has 16 heteroatoms. The summed E-state index contributed by atoms with van der Waals surface area (Å²) >= 11 is 0. The number of fused-ring (bicyclic) bond motifs is 6. The average molecular weight is 944 g/mol. The van der Waals surface area contributed by atoms with Crippen LogP contribution in [-0.4, -0.2) is 144 Å². The van der Waals surface area contributed by atoms with E-state index in [1.807, 2.05) is 51.3 Å². The van der Waals surface area contributed by atoms with E-state index in [-0.39, 0.29) is 55.7 Å². The first-order valence-corrected chi connectivity index (χ1v) is 24.2. The van der Waals surface area contributed by atoms with Crippen molar-refractivity contribution in [3.63, 3.8) is 0 Å². The van der Waals surface area contributed by atoms with Crippen LogP contribution in [0.4, 0.5) is 0 Å². The van der Waals surface area contributed by atoms with Crippen LogP contribution in [0.1, 0.15) is 70.6 Å². The van der Waals surface area contributed by atoms with Gasteiger partial charge in [-0.1, -0.05) is 39.7 Å². The van der Waals surface area contributed by atoms with Crippen molar-refractivity contribution in [2.75, 3.05) is 67.6 Å². The van der Waals surface area contributed by atoms with Crippen LogP contribution in [0.25, 0.3) is 33.3 Å². The first-order valence-electron chi connectivity index (χ1n) is 24.2. The van der Waals surface area contributed by atoms with E-state index in [1.165, 1.54) is 9.91 Å². The number of likely N-dealkylation sites (tertiary alicyclic amines) is 1. The molecule has 3 aromatic heterocycles. The molecular formula is C53H69N9O7. The number of ether oxygens (including phenoxy) is 2. The molecule has 4 aromatic rings. The predicted molar refractivity (Wildman–Crippen MR) is 264 cm³/mol. The number of cyclic esters (lactones) is 1. The second-order valence-electron chi connectivity index (χ2n) is 20.2.